The van der Waals surface area contributed by atoms with Crippen molar-refractivity contribution in [1.82, 2.24) is 4.98 Å². The summed E-state index contributed by atoms with van der Waals surface area (Å²) in [6, 6.07) is 9.44. The topological polar surface area (TPSA) is 38.9 Å². The summed E-state index contributed by atoms with van der Waals surface area (Å²) >= 11 is 5.84. The molecule has 16 heavy (non-hydrogen) atoms. The lowest BCUT2D eigenvalue weighted by atomic mass is 9.97. The van der Waals surface area contributed by atoms with Gasteiger partial charge in [-0.1, -0.05) is 23.7 Å². The minimum atomic E-state index is -0.125. The van der Waals surface area contributed by atoms with Crippen molar-refractivity contribution in [1.29, 1.82) is 0 Å². The van der Waals surface area contributed by atoms with Gasteiger partial charge in [-0.3, -0.25) is 4.98 Å². The van der Waals surface area contributed by atoms with Gasteiger partial charge in [0, 0.05) is 17.4 Å². The molecule has 2 aromatic rings. The maximum Gasteiger partial charge on any atom is 0.0555 e. The van der Waals surface area contributed by atoms with Crippen LogP contribution in [0, 0.1) is 6.92 Å². The zero-order chi connectivity index (χ0) is 11.5. The van der Waals surface area contributed by atoms with Crippen LogP contribution in [0.3, 0.4) is 0 Å². The number of hydrogen-bond acceptors (Lipinski definition) is 2. The van der Waals surface area contributed by atoms with E-state index in [-0.39, 0.29) is 6.04 Å². The van der Waals surface area contributed by atoms with Gasteiger partial charge in [0.25, 0.3) is 0 Å². The van der Waals surface area contributed by atoms with Gasteiger partial charge in [0.05, 0.1) is 6.04 Å². The summed E-state index contributed by atoms with van der Waals surface area (Å²) in [5, 5.41) is 0.724. The van der Waals surface area contributed by atoms with Gasteiger partial charge in [-0.2, -0.15) is 0 Å². The summed E-state index contributed by atoms with van der Waals surface area (Å²) in [6.07, 6.45) is 3.59. The summed E-state index contributed by atoms with van der Waals surface area (Å²) in [5.41, 5.74) is 9.45. The van der Waals surface area contributed by atoms with E-state index in [0.29, 0.717) is 0 Å². The Hall–Kier alpha value is -1.38. The highest BCUT2D eigenvalue weighted by Gasteiger charge is 2.10. The maximum atomic E-state index is 6.20. The first kappa shape index (κ1) is 11.1. The summed E-state index contributed by atoms with van der Waals surface area (Å²) in [5.74, 6) is 0. The molecule has 0 aliphatic heterocycles. The zero-order valence-electron chi connectivity index (χ0n) is 9.02. The molecule has 1 unspecified atom stereocenters. The maximum absolute atomic E-state index is 6.20. The van der Waals surface area contributed by atoms with E-state index in [1.54, 1.807) is 6.20 Å². The van der Waals surface area contributed by atoms with Gasteiger partial charge in [0.2, 0.25) is 0 Å². The van der Waals surface area contributed by atoms with Crippen LogP contribution in [0.2, 0.25) is 5.02 Å². The largest absolute Gasteiger partial charge is 0.320 e. The van der Waals surface area contributed by atoms with E-state index in [4.69, 9.17) is 17.3 Å². The fourth-order valence-electron chi connectivity index (χ4n) is 1.68. The van der Waals surface area contributed by atoms with E-state index in [9.17, 15) is 0 Å². The quantitative estimate of drug-likeness (QED) is 0.864. The highest BCUT2D eigenvalue weighted by atomic mass is 35.5. The first-order valence-electron chi connectivity index (χ1n) is 5.10. The lowest BCUT2D eigenvalue weighted by molar-refractivity contribution is 0.857. The van der Waals surface area contributed by atoms with Gasteiger partial charge in [-0.15, -0.1) is 0 Å². The Morgan fingerprint density at radius 2 is 1.88 bits per heavy atom. The van der Waals surface area contributed by atoms with Crippen molar-refractivity contribution >= 4 is 11.6 Å². The number of nitrogens with zero attached hydrogens (tertiary/aromatic N) is 1. The summed E-state index contributed by atoms with van der Waals surface area (Å²) < 4.78 is 0. The molecule has 0 saturated carbocycles. The molecule has 2 N–H and O–H groups in total. The third-order valence-electron chi connectivity index (χ3n) is 2.63. The molecule has 82 valence electrons. The second-order valence-corrected chi connectivity index (χ2v) is 4.20. The summed E-state index contributed by atoms with van der Waals surface area (Å²) in [6.45, 7) is 2.01. The van der Waals surface area contributed by atoms with Crippen LogP contribution in [-0.4, -0.2) is 4.98 Å². The van der Waals surface area contributed by atoms with Crippen molar-refractivity contribution in [3.63, 3.8) is 0 Å². The van der Waals surface area contributed by atoms with Crippen LogP contribution < -0.4 is 5.73 Å². The number of nitrogens with two attached hydrogens (primary N) is 1. The Bertz CT molecular complexity index is 480. The Morgan fingerprint density at radius 3 is 2.50 bits per heavy atom. The Balaban J connectivity index is 2.35. The first-order chi connectivity index (χ1) is 7.68. The van der Waals surface area contributed by atoms with Crippen LogP contribution in [0.1, 0.15) is 22.7 Å². The van der Waals surface area contributed by atoms with E-state index in [1.807, 2.05) is 43.5 Å². The molecular weight excluding hydrogens is 220 g/mol. The highest BCUT2D eigenvalue weighted by molar-refractivity contribution is 6.30. The summed E-state index contributed by atoms with van der Waals surface area (Å²) in [7, 11) is 0. The van der Waals surface area contributed by atoms with Crippen molar-refractivity contribution in [3.05, 3.63) is 64.4 Å². The van der Waals surface area contributed by atoms with E-state index < -0.39 is 0 Å². The average molecular weight is 233 g/mol. The predicted molar refractivity (Wildman–Crippen MR) is 66.5 cm³/mol. The normalized spacial score (nSPS) is 12.4. The molecule has 1 heterocycles. The fourth-order valence-corrected chi connectivity index (χ4v) is 1.81. The molecule has 0 spiro atoms. The number of pyridine rings is 1. The first-order valence-corrected chi connectivity index (χ1v) is 5.48. The zero-order valence-corrected chi connectivity index (χ0v) is 9.78. The van der Waals surface area contributed by atoms with E-state index in [2.05, 4.69) is 4.98 Å². The molecular formula is C13H13ClN2. The lowest BCUT2D eigenvalue weighted by Crippen LogP contribution is -2.13. The highest BCUT2D eigenvalue weighted by Crippen LogP contribution is 2.22. The molecule has 0 fully saturated rings. The average Bonchev–Trinajstić information content (AvgIpc) is 2.30. The van der Waals surface area contributed by atoms with E-state index in [0.717, 1.165) is 21.7 Å². The third-order valence-corrected chi connectivity index (χ3v) is 2.88. The van der Waals surface area contributed by atoms with Crippen LogP contribution in [0.4, 0.5) is 0 Å². The van der Waals surface area contributed by atoms with Gasteiger partial charge >= 0.3 is 0 Å². The Kier molecular flexibility index (Phi) is 3.22. The Morgan fingerprint density at radius 1 is 1.19 bits per heavy atom. The molecule has 0 aliphatic carbocycles. The van der Waals surface area contributed by atoms with Crippen molar-refractivity contribution in [2.24, 2.45) is 5.73 Å². The molecule has 1 aromatic heterocycles. The van der Waals surface area contributed by atoms with E-state index in [1.165, 1.54) is 0 Å². The number of aryl methyl sites for hydroxylation is 1. The minimum absolute atomic E-state index is 0.125. The van der Waals surface area contributed by atoms with Crippen LogP contribution in [0.15, 0.2) is 42.7 Å². The smallest absolute Gasteiger partial charge is 0.0555 e. The van der Waals surface area contributed by atoms with E-state index >= 15 is 0 Å². The predicted octanol–water partition coefficient (Wildman–Crippen LogP) is 3.09. The van der Waals surface area contributed by atoms with Gasteiger partial charge in [0.15, 0.2) is 0 Å². The number of hydrogen-bond donors (Lipinski definition) is 1. The van der Waals surface area contributed by atoms with Crippen LogP contribution in [0.5, 0.6) is 0 Å². The Labute approximate surface area is 100 Å². The molecule has 1 atom stereocenters. The number of benzene rings is 1. The molecule has 0 aliphatic rings. The van der Waals surface area contributed by atoms with Crippen LogP contribution >= 0.6 is 11.6 Å². The minimum Gasteiger partial charge on any atom is -0.320 e. The van der Waals surface area contributed by atoms with Gasteiger partial charge in [0.1, 0.15) is 0 Å². The van der Waals surface area contributed by atoms with Crippen molar-refractivity contribution < 1.29 is 0 Å². The van der Waals surface area contributed by atoms with Crippen molar-refractivity contribution in [2.45, 2.75) is 13.0 Å². The van der Waals surface area contributed by atoms with Gasteiger partial charge in [-0.05, 0) is 41.8 Å². The monoisotopic (exact) mass is 232 g/mol. The second kappa shape index (κ2) is 4.64. The van der Waals surface area contributed by atoms with Gasteiger partial charge < -0.3 is 5.73 Å². The van der Waals surface area contributed by atoms with Crippen LogP contribution in [-0.2, 0) is 0 Å². The molecule has 2 nitrogen and oxygen atoms in total. The standard InChI is InChI=1S/C13H13ClN2/c1-9-8-16-7-6-12(9)13(15)10-2-4-11(14)5-3-10/h2-8,13H,15H2,1H3. The lowest BCUT2D eigenvalue weighted by Gasteiger charge is -2.14. The molecule has 0 saturated heterocycles. The molecule has 0 radical (unpaired) electrons. The van der Waals surface area contributed by atoms with Gasteiger partial charge in [-0.25, -0.2) is 0 Å². The number of halogens is 1. The number of aromatic nitrogens is 1. The third kappa shape index (κ3) is 2.23. The van der Waals surface area contributed by atoms with Crippen LogP contribution in [0.25, 0.3) is 0 Å². The second-order valence-electron chi connectivity index (χ2n) is 3.76. The van der Waals surface area contributed by atoms with Crippen molar-refractivity contribution in [2.75, 3.05) is 0 Å². The molecule has 2 rings (SSSR count). The molecule has 1 aromatic carbocycles. The SMILES string of the molecule is Cc1cnccc1C(N)c1ccc(Cl)cc1. The molecule has 0 bridgehead atoms. The van der Waals surface area contributed by atoms with Crippen molar-refractivity contribution in [3.8, 4) is 0 Å². The summed E-state index contributed by atoms with van der Waals surface area (Å²) in [4.78, 5) is 4.06. The molecule has 0 amide bonds. The fraction of sp³-hybridized carbons (Fsp3) is 0.154. The number of rotatable bonds is 2. The molecule has 3 heteroatoms.